The Morgan fingerprint density at radius 3 is 2.50 bits per heavy atom. The van der Waals surface area contributed by atoms with Crippen molar-refractivity contribution in [3.05, 3.63) is 0 Å². The molecule has 0 amide bonds. The summed E-state index contributed by atoms with van der Waals surface area (Å²) in [5.41, 5.74) is 0. The highest BCUT2D eigenvalue weighted by molar-refractivity contribution is 4.73. The predicted molar refractivity (Wildman–Crippen MR) is 71.9 cm³/mol. The quantitative estimate of drug-likeness (QED) is 0.640. The van der Waals surface area contributed by atoms with Gasteiger partial charge in [0.1, 0.15) is 0 Å². The van der Waals surface area contributed by atoms with Crippen molar-refractivity contribution < 1.29 is 0 Å². The van der Waals surface area contributed by atoms with Gasteiger partial charge in [-0.25, -0.2) is 0 Å². The minimum atomic E-state index is 0.728. The maximum Gasteiger partial charge on any atom is 0.0192 e. The fraction of sp³-hybridized carbons (Fsp3) is 1.00. The van der Waals surface area contributed by atoms with Gasteiger partial charge in [0.25, 0.3) is 0 Å². The van der Waals surface area contributed by atoms with Crippen LogP contribution in [-0.4, -0.2) is 37.1 Å². The van der Waals surface area contributed by atoms with Crippen molar-refractivity contribution >= 4 is 0 Å². The van der Waals surface area contributed by atoms with Gasteiger partial charge in [-0.05, 0) is 45.8 Å². The maximum atomic E-state index is 3.60. The molecule has 0 aliphatic carbocycles. The normalized spacial score (nSPS) is 19.9. The minimum absolute atomic E-state index is 0.728. The molecule has 1 aliphatic heterocycles. The van der Waals surface area contributed by atoms with Gasteiger partial charge in [0, 0.05) is 12.6 Å². The molecule has 1 saturated heterocycles. The molecule has 2 heteroatoms. The van der Waals surface area contributed by atoms with Gasteiger partial charge in [-0.3, -0.25) is 4.90 Å². The second kappa shape index (κ2) is 9.00. The minimum Gasteiger partial charge on any atom is -0.315 e. The summed E-state index contributed by atoms with van der Waals surface area (Å²) in [6, 6.07) is 0.728. The molecule has 1 heterocycles. The molecule has 0 aromatic heterocycles. The summed E-state index contributed by atoms with van der Waals surface area (Å²) in [6.45, 7) is 9.65. The van der Waals surface area contributed by atoms with Gasteiger partial charge in [0.05, 0.1) is 0 Å². The van der Waals surface area contributed by atoms with Crippen LogP contribution in [0.4, 0.5) is 0 Å². The molecule has 0 radical (unpaired) electrons. The van der Waals surface area contributed by atoms with Gasteiger partial charge < -0.3 is 5.32 Å². The van der Waals surface area contributed by atoms with E-state index >= 15 is 0 Å². The Hall–Kier alpha value is -0.0800. The third kappa shape index (κ3) is 5.86. The number of likely N-dealkylation sites (tertiary alicyclic amines) is 1. The van der Waals surface area contributed by atoms with Crippen LogP contribution in [0.25, 0.3) is 0 Å². The van der Waals surface area contributed by atoms with E-state index in [1.807, 2.05) is 0 Å². The van der Waals surface area contributed by atoms with E-state index in [4.69, 9.17) is 0 Å². The lowest BCUT2D eigenvalue weighted by molar-refractivity contribution is 0.171. The Labute approximate surface area is 102 Å². The number of hydrogen-bond acceptors (Lipinski definition) is 2. The third-order valence-corrected chi connectivity index (χ3v) is 3.66. The number of piperidine rings is 1. The lowest BCUT2D eigenvalue weighted by Crippen LogP contribution is -2.43. The van der Waals surface area contributed by atoms with Crippen LogP contribution in [0.5, 0.6) is 0 Å². The van der Waals surface area contributed by atoms with E-state index in [1.54, 1.807) is 0 Å². The van der Waals surface area contributed by atoms with Crippen LogP contribution < -0.4 is 5.32 Å². The summed E-state index contributed by atoms with van der Waals surface area (Å²) in [5.74, 6) is 0. The van der Waals surface area contributed by atoms with Crippen LogP contribution in [0.15, 0.2) is 0 Å². The van der Waals surface area contributed by atoms with E-state index in [0.717, 1.165) is 6.04 Å². The Bertz CT molecular complexity index is 153. The molecule has 1 rings (SSSR count). The Kier molecular flexibility index (Phi) is 7.87. The molecular formula is C14H30N2. The molecule has 16 heavy (non-hydrogen) atoms. The Morgan fingerprint density at radius 2 is 1.81 bits per heavy atom. The Balaban J connectivity index is 1.94. The summed E-state index contributed by atoms with van der Waals surface area (Å²) >= 11 is 0. The number of nitrogens with one attached hydrogen (secondary N) is 1. The zero-order chi connectivity index (χ0) is 11.6. The highest BCUT2D eigenvalue weighted by Gasteiger charge is 2.15. The summed E-state index contributed by atoms with van der Waals surface area (Å²) in [6.07, 6.45) is 9.71. The smallest absolute Gasteiger partial charge is 0.0192 e. The Morgan fingerprint density at radius 1 is 1.06 bits per heavy atom. The molecular weight excluding hydrogens is 196 g/mol. The standard InChI is InChI=1S/C14H30N2/c1-3-4-5-7-10-15-13-14(2)16-11-8-6-9-12-16/h14-15H,3-13H2,1-2H3. The van der Waals surface area contributed by atoms with Crippen molar-refractivity contribution in [2.75, 3.05) is 26.2 Å². The third-order valence-electron chi connectivity index (χ3n) is 3.66. The van der Waals surface area contributed by atoms with E-state index in [2.05, 4.69) is 24.1 Å². The van der Waals surface area contributed by atoms with Gasteiger partial charge in [-0.15, -0.1) is 0 Å². The van der Waals surface area contributed by atoms with E-state index in [1.165, 1.54) is 71.1 Å². The van der Waals surface area contributed by atoms with Crippen LogP contribution in [0, 0.1) is 0 Å². The van der Waals surface area contributed by atoms with Gasteiger partial charge in [-0.2, -0.15) is 0 Å². The number of unbranched alkanes of at least 4 members (excludes halogenated alkanes) is 3. The van der Waals surface area contributed by atoms with Crippen LogP contribution >= 0.6 is 0 Å². The summed E-state index contributed by atoms with van der Waals surface area (Å²) in [4.78, 5) is 2.64. The maximum absolute atomic E-state index is 3.60. The molecule has 1 atom stereocenters. The molecule has 1 fully saturated rings. The van der Waals surface area contributed by atoms with Crippen molar-refractivity contribution in [3.8, 4) is 0 Å². The molecule has 96 valence electrons. The van der Waals surface area contributed by atoms with E-state index < -0.39 is 0 Å². The highest BCUT2D eigenvalue weighted by atomic mass is 15.2. The molecule has 0 spiro atoms. The van der Waals surface area contributed by atoms with Crippen molar-refractivity contribution in [1.29, 1.82) is 0 Å². The van der Waals surface area contributed by atoms with Gasteiger partial charge >= 0.3 is 0 Å². The average molecular weight is 226 g/mol. The predicted octanol–water partition coefficient (Wildman–Crippen LogP) is 3.03. The van der Waals surface area contributed by atoms with Gasteiger partial charge in [-0.1, -0.05) is 32.6 Å². The monoisotopic (exact) mass is 226 g/mol. The molecule has 2 nitrogen and oxygen atoms in total. The van der Waals surface area contributed by atoms with Crippen LogP contribution in [0.1, 0.15) is 58.8 Å². The summed E-state index contributed by atoms with van der Waals surface area (Å²) < 4.78 is 0. The molecule has 1 N–H and O–H groups in total. The number of hydrogen-bond donors (Lipinski definition) is 1. The second-order valence-corrected chi connectivity index (χ2v) is 5.21. The average Bonchev–Trinajstić information content (AvgIpc) is 2.34. The summed E-state index contributed by atoms with van der Waals surface area (Å²) in [5, 5.41) is 3.60. The van der Waals surface area contributed by atoms with Crippen LogP contribution in [-0.2, 0) is 0 Å². The van der Waals surface area contributed by atoms with E-state index in [-0.39, 0.29) is 0 Å². The van der Waals surface area contributed by atoms with Gasteiger partial charge in [0.15, 0.2) is 0 Å². The second-order valence-electron chi connectivity index (χ2n) is 5.21. The fourth-order valence-corrected chi connectivity index (χ4v) is 2.48. The van der Waals surface area contributed by atoms with E-state index in [0.29, 0.717) is 0 Å². The van der Waals surface area contributed by atoms with Crippen molar-refractivity contribution in [3.63, 3.8) is 0 Å². The van der Waals surface area contributed by atoms with Crippen molar-refractivity contribution in [2.24, 2.45) is 0 Å². The fourth-order valence-electron chi connectivity index (χ4n) is 2.48. The topological polar surface area (TPSA) is 15.3 Å². The molecule has 0 bridgehead atoms. The lowest BCUT2D eigenvalue weighted by Gasteiger charge is -2.32. The first kappa shape index (κ1) is 14.0. The molecule has 0 saturated carbocycles. The molecule has 0 aromatic rings. The molecule has 1 unspecified atom stereocenters. The molecule has 1 aliphatic rings. The first-order chi connectivity index (χ1) is 7.84. The highest BCUT2D eigenvalue weighted by Crippen LogP contribution is 2.11. The first-order valence-electron chi connectivity index (χ1n) is 7.29. The van der Waals surface area contributed by atoms with Crippen molar-refractivity contribution in [1.82, 2.24) is 10.2 Å². The SMILES string of the molecule is CCCCCCNCC(C)N1CCCCC1. The number of nitrogens with zero attached hydrogens (tertiary/aromatic N) is 1. The van der Waals surface area contributed by atoms with Crippen molar-refractivity contribution in [2.45, 2.75) is 64.8 Å². The van der Waals surface area contributed by atoms with Crippen LogP contribution in [0.2, 0.25) is 0 Å². The van der Waals surface area contributed by atoms with Gasteiger partial charge in [0.2, 0.25) is 0 Å². The van der Waals surface area contributed by atoms with E-state index in [9.17, 15) is 0 Å². The molecule has 0 aromatic carbocycles. The number of rotatable bonds is 8. The summed E-state index contributed by atoms with van der Waals surface area (Å²) in [7, 11) is 0. The van der Waals surface area contributed by atoms with Crippen LogP contribution in [0.3, 0.4) is 0 Å². The zero-order valence-electron chi connectivity index (χ0n) is 11.3. The zero-order valence-corrected chi connectivity index (χ0v) is 11.3. The first-order valence-corrected chi connectivity index (χ1v) is 7.29. The lowest BCUT2D eigenvalue weighted by atomic mass is 10.1. The largest absolute Gasteiger partial charge is 0.315 e.